The Morgan fingerprint density at radius 1 is 1.40 bits per heavy atom. The molecule has 2 N–H and O–H groups in total. The first-order chi connectivity index (χ1) is 7.09. The van der Waals surface area contributed by atoms with E-state index in [1.54, 1.807) is 12.1 Å². The van der Waals surface area contributed by atoms with Crippen molar-refractivity contribution in [1.82, 2.24) is 5.32 Å². The third-order valence-corrected chi connectivity index (χ3v) is 1.87. The zero-order valence-corrected chi connectivity index (χ0v) is 8.49. The molecular weight excluding hydrogens is 194 g/mol. The molecule has 1 amide bonds. The molecule has 15 heavy (non-hydrogen) atoms. The molecule has 1 aromatic rings. The second-order valence-electron chi connectivity index (χ2n) is 3.26. The van der Waals surface area contributed by atoms with E-state index in [0.29, 0.717) is 18.5 Å². The fourth-order valence-corrected chi connectivity index (χ4v) is 1.10. The van der Waals surface area contributed by atoms with Crippen molar-refractivity contribution in [3.05, 3.63) is 29.8 Å². The molecule has 0 saturated carbocycles. The Bertz CT molecular complexity index is 374. The van der Waals surface area contributed by atoms with E-state index < -0.39 is 0 Å². The number of hydrogen-bond acceptors (Lipinski definition) is 3. The molecule has 0 fully saturated rings. The van der Waals surface area contributed by atoms with E-state index in [1.165, 1.54) is 19.1 Å². The molecule has 0 radical (unpaired) electrons. The summed E-state index contributed by atoms with van der Waals surface area (Å²) in [5, 5.41) is 11.7. The minimum absolute atomic E-state index is 0.0335. The van der Waals surface area contributed by atoms with Crippen molar-refractivity contribution in [1.29, 1.82) is 0 Å². The number of phenolic OH excluding ortho intramolecular Hbond substituents is 1. The lowest BCUT2D eigenvalue weighted by molar-refractivity contribution is -0.116. The molecule has 0 bridgehead atoms. The Morgan fingerprint density at radius 3 is 2.73 bits per heavy atom. The maximum absolute atomic E-state index is 11.4. The smallest absolute Gasteiger partial charge is 0.251 e. The largest absolute Gasteiger partial charge is 0.508 e. The van der Waals surface area contributed by atoms with Gasteiger partial charge in [-0.3, -0.25) is 9.59 Å². The van der Waals surface area contributed by atoms with Crippen molar-refractivity contribution in [2.45, 2.75) is 13.3 Å². The Hall–Kier alpha value is -1.84. The second-order valence-corrected chi connectivity index (χ2v) is 3.26. The van der Waals surface area contributed by atoms with Gasteiger partial charge in [0.25, 0.3) is 5.91 Å². The molecule has 0 unspecified atom stereocenters. The second kappa shape index (κ2) is 5.14. The van der Waals surface area contributed by atoms with Gasteiger partial charge in [-0.1, -0.05) is 6.07 Å². The molecule has 0 atom stereocenters. The third kappa shape index (κ3) is 3.81. The normalized spacial score (nSPS) is 9.67. The number of rotatable bonds is 4. The summed E-state index contributed by atoms with van der Waals surface area (Å²) in [6.45, 7) is 1.80. The van der Waals surface area contributed by atoms with Crippen LogP contribution in [0.15, 0.2) is 24.3 Å². The Balaban J connectivity index is 2.50. The van der Waals surface area contributed by atoms with Crippen LogP contribution >= 0.6 is 0 Å². The summed E-state index contributed by atoms with van der Waals surface area (Å²) in [6.07, 6.45) is 0.324. The van der Waals surface area contributed by atoms with Crippen LogP contribution in [-0.4, -0.2) is 23.3 Å². The molecule has 1 rings (SSSR count). The monoisotopic (exact) mass is 207 g/mol. The van der Waals surface area contributed by atoms with Crippen molar-refractivity contribution in [3.63, 3.8) is 0 Å². The lowest BCUT2D eigenvalue weighted by atomic mass is 10.2. The van der Waals surface area contributed by atoms with E-state index in [0.717, 1.165) is 0 Å². The lowest BCUT2D eigenvalue weighted by Crippen LogP contribution is -2.25. The molecule has 0 aliphatic rings. The van der Waals surface area contributed by atoms with E-state index in [-0.39, 0.29) is 17.4 Å². The van der Waals surface area contributed by atoms with Gasteiger partial charge >= 0.3 is 0 Å². The van der Waals surface area contributed by atoms with E-state index in [4.69, 9.17) is 5.11 Å². The molecule has 0 saturated heterocycles. The van der Waals surface area contributed by atoms with Gasteiger partial charge in [-0.25, -0.2) is 0 Å². The van der Waals surface area contributed by atoms with Gasteiger partial charge in [0.1, 0.15) is 11.5 Å². The number of amides is 1. The van der Waals surface area contributed by atoms with Gasteiger partial charge in [0.15, 0.2) is 0 Å². The fourth-order valence-electron chi connectivity index (χ4n) is 1.10. The zero-order chi connectivity index (χ0) is 11.3. The van der Waals surface area contributed by atoms with Crippen LogP contribution in [0.25, 0.3) is 0 Å². The number of phenols is 1. The first kappa shape index (κ1) is 11.2. The highest BCUT2D eigenvalue weighted by molar-refractivity contribution is 5.94. The van der Waals surface area contributed by atoms with Crippen LogP contribution in [0.3, 0.4) is 0 Å². The van der Waals surface area contributed by atoms with Gasteiger partial charge in [-0.05, 0) is 25.1 Å². The van der Waals surface area contributed by atoms with E-state index in [1.807, 2.05) is 0 Å². The molecule has 4 heteroatoms. The van der Waals surface area contributed by atoms with Crippen molar-refractivity contribution in [2.24, 2.45) is 0 Å². The number of carbonyl (C=O) groups excluding carboxylic acids is 2. The molecule has 0 aromatic heterocycles. The predicted octanol–water partition coefficient (Wildman–Crippen LogP) is 1.10. The number of benzene rings is 1. The Kier molecular flexibility index (Phi) is 3.85. The third-order valence-electron chi connectivity index (χ3n) is 1.87. The van der Waals surface area contributed by atoms with Crippen LogP contribution in [0.5, 0.6) is 5.75 Å². The molecule has 0 aliphatic carbocycles. The van der Waals surface area contributed by atoms with Crippen molar-refractivity contribution in [3.8, 4) is 5.75 Å². The standard InChI is InChI=1S/C11H13NO3/c1-8(13)5-6-12-11(15)9-3-2-4-10(14)7-9/h2-4,7,14H,5-6H2,1H3,(H,12,15). The molecule has 1 aromatic carbocycles. The van der Waals surface area contributed by atoms with Crippen molar-refractivity contribution < 1.29 is 14.7 Å². The van der Waals surface area contributed by atoms with Crippen molar-refractivity contribution >= 4 is 11.7 Å². The summed E-state index contributed by atoms with van der Waals surface area (Å²) < 4.78 is 0. The summed E-state index contributed by atoms with van der Waals surface area (Å²) in [5.41, 5.74) is 0.388. The molecule has 0 heterocycles. The summed E-state index contributed by atoms with van der Waals surface area (Å²) in [7, 11) is 0. The van der Waals surface area contributed by atoms with E-state index in [9.17, 15) is 9.59 Å². The summed E-state index contributed by atoms with van der Waals surface area (Å²) in [4.78, 5) is 22.1. The predicted molar refractivity (Wildman–Crippen MR) is 55.7 cm³/mol. The number of nitrogens with one attached hydrogen (secondary N) is 1. The van der Waals surface area contributed by atoms with Gasteiger partial charge in [-0.2, -0.15) is 0 Å². The van der Waals surface area contributed by atoms with E-state index in [2.05, 4.69) is 5.32 Å². The van der Waals surface area contributed by atoms with Crippen LogP contribution in [0.1, 0.15) is 23.7 Å². The first-order valence-electron chi connectivity index (χ1n) is 4.66. The summed E-state index contributed by atoms with van der Waals surface area (Å²) in [5.74, 6) is -0.201. The fraction of sp³-hybridized carbons (Fsp3) is 0.273. The molecule has 4 nitrogen and oxygen atoms in total. The highest BCUT2D eigenvalue weighted by Crippen LogP contribution is 2.10. The number of Topliss-reactive ketones (excluding diaryl/α,β-unsaturated/α-hetero) is 1. The topological polar surface area (TPSA) is 66.4 Å². The van der Waals surface area contributed by atoms with Gasteiger partial charge in [0, 0.05) is 18.5 Å². The highest BCUT2D eigenvalue weighted by atomic mass is 16.3. The molecule has 0 spiro atoms. The maximum Gasteiger partial charge on any atom is 0.251 e. The molecule has 0 aliphatic heterocycles. The minimum Gasteiger partial charge on any atom is -0.508 e. The zero-order valence-electron chi connectivity index (χ0n) is 8.49. The van der Waals surface area contributed by atoms with Crippen LogP contribution in [-0.2, 0) is 4.79 Å². The quantitative estimate of drug-likeness (QED) is 0.777. The lowest BCUT2D eigenvalue weighted by Gasteiger charge is -2.03. The van der Waals surface area contributed by atoms with Crippen LogP contribution in [0.4, 0.5) is 0 Å². The minimum atomic E-state index is -0.285. The molecule has 80 valence electrons. The average Bonchev–Trinajstić information content (AvgIpc) is 2.17. The summed E-state index contributed by atoms with van der Waals surface area (Å²) in [6, 6.07) is 6.06. The number of hydrogen-bond donors (Lipinski definition) is 2. The van der Waals surface area contributed by atoms with Gasteiger partial charge in [0.05, 0.1) is 0 Å². The number of aromatic hydroxyl groups is 1. The Labute approximate surface area is 87.9 Å². The highest BCUT2D eigenvalue weighted by Gasteiger charge is 2.05. The Morgan fingerprint density at radius 2 is 2.13 bits per heavy atom. The average molecular weight is 207 g/mol. The van der Waals surface area contributed by atoms with Crippen LogP contribution < -0.4 is 5.32 Å². The van der Waals surface area contributed by atoms with Gasteiger partial charge < -0.3 is 10.4 Å². The van der Waals surface area contributed by atoms with Gasteiger partial charge in [-0.15, -0.1) is 0 Å². The van der Waals surface area contributed by atoms with Gasteiger partial charge in [0.2, 0.25) is 0 Å². The van der Waals surface area contributed by atoms with Crippen LogP contribution in [0.2, 0.25) is 0 Å². The van der Waals surface area contributed by atoms with Crippen molar-refractivity contribution in [2.75, 3.05) is 6.54 Å². The number of carbonyl (C=O) groups is 2. The molecular formula is C11H13NO3. The summed E-state index contributed by atoms with van der Waals surface area (Å²) >= 11 is 0. The van der Waals surface area contributed by atoms with E-state index >= 15 is 0 Å². The SMILES string of the molecule is CC(=O)CCNC(=O)c1cccc(O)c1. The van der Waals surface area contributed by atoms with Crippen LogP contribution in [0, 0.1) is 0 Å². The maximum atomic E-state index is 11.4. The first-order valence-corrected chi connectivity index (χ1v) is 4.66. The number of ketones is 1.